The maximum atomic E-state index is 13.5. The number of amides is 1. The standard InChI is InChI=1S/C29H25BrClFN4O3/c30-20-10-11-25-23(14-20)29(38)36(28(35-25)19-5-2-1-3-6-19)33-16-18-9-12-26(24(31)13-18)39-17-27(37)34-22-8-4-7-21(32)15-22/h4,7-16,19H,1-3,5-6,17H2,(H,34,37). The van der Waals surface area contributed by atoms with Crippen molar-refractivity contribution in [1.82, 2.24) is 9.66 Å². The van der Waals surface area contributed by atoms with E-state index >= 15 is 0 Å². The van der Waals surface area contributed by atoms with Crippen LogP contribution >= 0.6 is 27.5 Å². The molecule has 10 heteroatoms. The van der Waals surface area contributed by atoms with Crippen molar-refractivity contribution in [2.75, 3.05) is 11.9 Å². The topological polar surface area (TPSA) is 85.6 Å². The first-order valence-electron chi connectivity index (χ1n) is 12.6. The number of fused-ring (bicyclic) bond motifs is 1. The van der Waals surface area contributed by atoms with Crippen LogP contribution in [0.1, 0.15) is 49.4 Å². The van der Waals surface area contributed by atoms with Crippen LogP contribution in [-0.4, -0.2) is 28.4 Å². The van der Waals surface area contributed by atoms with Gasteiger partial charge in [0.25, 0.3) is 11.5 Å². The molecule has 0 spiro atoms. The Morgan fingerprint density at radius 3 is 2.74 bits per heavy atom. The van der Waals surface area contributed by atoms with Crippen LogP contribution < -0.4 is 15.6 Å². The molecule has 0 saturated heterocycles. The van der Waals surface area contributed by atoms with E-state index in [1.807, 2.05) is 12.1 Å². The summed E-state index contributed by atoms with van der Waals surface area (Å²) >= 11 is 9.84. The van der Waals surface area contributed by atoms with E-state index < -0.39 is 11.7 Å². The van der Waals surface area contributed by atoms with E-state index in [0.717, 1.165) is 30.2 Å². The zero-order chi connectivity index (χ0) is 27.4. The summed E-state index contributed by atoms with van der Waals surface area (Å²) < 4.78 is 21.1. The lowest BCUT2D eigenvalue weighted by molar-refractivity contribution is -0.118. The van der Waals surface area contributed by atoms with Gasteiger partial charge in [-0.3, -0.25) is 9.59 Å². The molecule has 1 N–H and O–H groups in total. The van der Waals surface area contributed by atoms with Gasteiger partial charge in [-0.1, -0.05) is 52.9 Å². The number of hydrogen-bond donors (Lipinski definition) is 1. The number of carbonyl (C=O) groups excluding carboxylic acids is 1. The Balaban J connectivity index is 1.35. The molecule has 1 fully saturated rings. The lowest BCUT2D eigenvalue weighted by Gasteiger charge is -2.22. The molecule has 1 aromatic heterocycles. The van der Waals surface area contributed by atoms with Gasteiger partial charge in [-0.2, -0.15) is 9.78 Å². The highest BCUT2D eigenvalue weighted by Gasteiger charge is 2.22. The fraction of sp³-hybridized carbons (Fsp3) is 0.241. The molecule has 1 amide bonds. The molecule has 1 saturated carbocycles. The minimum absolute atomic E-state index is 0.162. The number of nitrogens with one attached hydrogen (secondary N) is 1. The Morgan fingerprint density at radius 2 is 1.97 bits per heavy atom. The van der Waals surface area contributed by atoms with Crippen LogP contribution in [0.4, 0.5) is 10.1 Å². The van der Waals surface area contributed by atoms with Crippen LogP contribution in [0.2, 0.25) is 5.02 Å². The van der Waals surface area contributed by atoms with Gasteiger partial charge >= 0.3 is 0 Å². The number of ether oxygens (including phenoxy) is 1. The normalized spacial score (nSPS) is 14.1. The average Bonchev–Trinajstić information content (AvgIpc) is 2.93. The first-order chi connectivity index (χ1) is 18.9. The monoisotopic (exact) mass is 610 g/mol. The zero-order valence-electron chi connectivity index (χ0n) is 20.9. The van der Waals surface area contributed by atoms with E-state index in [-0.39, 0.29) is 23.1 Å². The van der Waals surface area contributed by atoms with Crippen molar-refractivity contribution < 1.29 is 13.9 Å². The third kappa shape index (κ3) is 6.54. The molecule has 0 bridgehead atoms. The fourth-order valence-corrected chi connectivity index (χ4v) is 5.25. The largest absolute Gasteiger partial charge is 0.482 e. The maximum Gasteiger partial charge on any atom is 0.282 e. The highest BCUT2D eigenvalue weighted by atomic mass is 79.9. The molecular weight excluding hydrogens is 587 g/mol. The summed E-state index contributed by atoms with van der Waals surface area (Å²) in [4.78, 5) is 30.5. The Hall–Kier alpha value is -3.56. The number of halogens is 3. The average molecular weight is 612 g/mol. The van der Waals surface area contributed by atoms with Gasteiger partial charge in [-0.05, 0) is 73.0 Å². The quantitative estimate of drug-likeness (QED) is 0.231. The second kappa shape index (κ2) is 12.1. The van der Waals surface area contributed by atoms with Gasteiger partial charge in [0.2, 0.25) is 0 Å². The van der Waals surface area contributed by atoms with E-state index in [2.05, 4.69) is 26.3 Å². The highest BCUT2D eigenvalue weighted by Crippen LogP contribution is 2.32. The van der Waals surface area contributed by atoms with Crippen LogP contribution in [0, 0.1) is 5.82 Å². The number of aromatic nitrogens is 2. The van der Waals surface area contributed by atoms with Gasteiger partial charge in [0.1, 0.15) is 17.4 Å². The number of nitrogens with zero attached hydrogens (tertiary/aromatic N) is 3. The summed E-state index contributed by atoms with van der Waals surface area (Å²) in [5, 5.41) is 7.86. The molecule has 200 valence electrons. The van der Waals surface area contributed by atoms with Crippen LogP contribution in [0.3, 0.4) is 0 Å². The number of rotatable bonds is 7. The van der Waals surface area contributed by atoms with E-state index in [9.17, 15) is 14.0 Å². The van der Waals surface area contributed by atoms with E-state index in [1.165, 1.54) is 29.3 Å². The van der Waals surface area contributed by atoms with Crippen LogP contribution in [-0.2, 0) is 4.79 Å². The molecule has 1 aliphatic carbocycles. The second-order valence-electron chi connectivity index (χ2n) is 9.36. The SMILES string of the molecule is O=C(COc1ccc(C=Nn2c(C3CCCCC3)nc3ccc(Br)cc3c2=O)cc1Cl)Nc1cccc(F)c1. The number of carbonyl (C=O) groups is 1. The van der Waals surface area contributed by atoms with Gasteiger partial charge < -0.3 is 10.1 Å². The first-order valence-corrected chi connectivity index (χ1v) is 13.8. The van der Waals surface area contributed by atoms with Crippen molar-refractivity contribution >= 4 is 56.2 Å². The van der Waals surface area contributed by atoms with Gasteiger partial charge in [-0.15, -0.1) is 0 Å². The molecule has 39 heavy (non-hydrogen) atoms. The third-order valence-electron chi connectivity index (χ3n) is 6.55. The smallest absolute Gasteiger partial charge is 0.282 e. The number of anilines is 1. The van der Waals surface area contributed by atoms with Gasteiger partial charge in [0.15, 0.2) is 6.61 Å². The second-order valence-corrected chi connectivity index (χ2v) is 10.7. The summed E-state index contributed by atoms with van der Waals surface area (Å²) in [5.74, 6) is 0.234. The summed E-state index contributed by atoms with van der Waals surface area (Å²) in [7, 11) is 0. The molecule has 1 heterocycles. The minimum Gasteiger partial charge on any atom is -0.482 e. The van der Waals surface area contributed by atoms with E-state index in [0.29, 0.717) is 33.7 Å². The van der Waals surface area contributed by atoms with Crippen molar-refractivity contribution in [1.29, 1.82) is 0 Å². The van der Waals surface area contributed by atoms with Gasteiger partial charge in [0.05, 0.1) is 22.1 Å². The molecule has 0 atom stereocenters. The van der Waals surface area contributed by atoms with Crippen molar-refractivity contribution in [3.63, 3.8) is 0 Å². The van der Waals surface area contributed by atoms with Crippen molar-refractivity contribution in [3.05, 3.63) is 97.7 Å². The molecule has 1 aliphatic rings. The summed E-state index contributed by atoms with van der Waals surface area (Å²) in [6, 6.07) is 16.1. The predicted octanol–water partition coefficient (Wildman–Crippen LogP) is 6.90. The molecule has 7 nitrogen and oxygen atoms in total. The summed E-state index contributed by atoms with van der Waals surface area (Å²) in [6.45, 7) is -0.303. The Kier molecular flexibility index (Phi) is 8.38. The van der Waals surface area contributed by atoms with Crippen molar-refractivity contribution in [2.24, 2.45) is 5.10 Å². The molecule has 4 aromatic rings. The zero-order valence-corrected chi connectivity index (χ0v) is 23.2. The fourth-order valence-electron chi connectivity index (χ4n) is 4.65. The molecule has 0 radical (unpaired) electrons. The van der Waals surface area contributed by atoms with Crippen molar-refractivity contribution in [3.8, 4) is 5.75 Å². The first kappa shape index (κ1) is 27.0. The van der Waals surface area contributed by atoms with Crippen molar-refractivity contribution in [2.45, 2.75) is 38.0 Å². The van der Waals surface area contributed by atoms with E-state index in [1.54, 1.807) is 36.5 Å². The minimum atomic E-state index is -0.452. The summed E-state index contributed by atoms with van der Waals surface area (Å²) in [5.41, 5.74) is 1.40. The predicted molar refractivity (Wildman–Crippen MR) is 154 cm³/mol. The van der Waals surface area contributed by atoms with E-state index in [4.69, 9.17) is 21.3 Å². The molecule has 5 rings (SSSR count). The Morgan fingerprint density at radius 1 is 1.15 bits per heavy atom. The number of hydrogen-bond acceptors (Lipinski definition) is 5. The Bertz CT molecular complexity index is 1620. The van der Waals surface area contributed by atoms with Crippen LogP contribution in [0.5, 0.6) is 5.75 Å². The lowest BCUT2D eigenvalue weighted by Crippen LogP contribution is -2.25. The Labute approximate surface area is 237 Å². The summed E-state index contributed by atoms with van der Waals surface area (Å²) in [6.07, 6.45) is 6.87. The maximum absolute atomic E-state index is 13.5. The highest BCUT2D eigenvalue weighted by molar-refractivity contribution is 9.10. The number of benzene rings is 3. The van der Waals surface area contributed by atoms with Gasteiger partial charge in [0, 0.05) is 16.1 Å². The molecule has 0 aliphatic heterocycles. The van der Waals surface area contributed by atoms with Crippen LogP contribution in [0.25, 0.3) is 10.9 Å². The van der Waals surface area contributed by atoms with Crippen LogP contribution in [0.15, 0.2) is 75.0 Å². The third-order valence-corrected chi connectivity index (χ3v) is 7.34. The molecule has 3 aromatic carbocycles. The molecular formula is C29H25BrClFN4O3. The van der Waals surface area contributed by atoms with Gasteiger partial charge in [-0.25, -0.2) is 9.37 Å². The molecule has 0 unspecified atom stereocenters. The lowest BCUT2D eigenvalue weighted by atomic mass is 9.88.